The Morgan fingerprint density at radius 1 is 1.53 bits per heavy atom. The average Bonchev–Trinajstić information content (AvgIpc) is 2.85. The fraction of sp³-hybridized carbons (Fsp3) is 0.286. The Bertz CT molecular complexity index is 563. The van der Waals surface area contributed by atoms with Crippen molar-refractivity contribution in [2.75, 3.05) is 5.73 Å². The van der Waals surface area contributed by atoms with E-state index in [1.165, 1.54) is 0 Å². The van der Waals surface area contributed by atoms with Gasteiger partial charge in [0.1, 0.15) is 0 Å². The first-order valence-corrected chi connectivity index (χ1v) is 6.20. The van der Waals surface area contributed by atoms with E-state index in [0.717, 1.165) is 5.56 Å². The number of anilines is 1. The SMILES string of the molecule is Cc1ccc(C(=O)NC(C)Cn2cccn2)cc1N. The van der Waals surface area contributed by atoms with Gasteiger partial charge in [0.05, 0.1) is 6.54 Å². The number of carbonyl (C=O) groups is 1. The number of hydrogen-bond donors (Lipinski definition) is 2. The Morgan fingerprint density at radius 2 is 2.32 bits per heavy atom. The minimum atomic E-state index is -0.119. The first-order valence-electron chi connectivity index (χ1n) is 6.20. The number of nitrogens with zero attached hydrogens (tertiary/aromatic N) is 2. The van der Waals surface area contributed by atoms with Gasteiger partial charge in [-0.05, 0) is 37.6 Å². The lowest BCUT2D eigenvalue weighted by atomic mass is 10.1. The third-order valence-electron chi connectivity index (χ3n) is 2.94. The molecule has 1 aromatic carbocycles. The number of amides is 1. The fourth-order valence-electron chi connectivity index (χ4n) is 1.82. The molecule has 2 aromatic rings. The minimum absolute atomic E-state index is 0.00470. The predicted molar refractivity (Wildman–Crippen MR) is 74.7 cm³/mol. The summed E-state index contributed by atoms with van der Waals surface area (Å²) in [6.45, 7) is 4.49. The highest BCUT2D eigenvalue weighted by Crippen LogP contribution is 2.12. The first-order chi connectivity index (χ1) is 9.06. The van der Waals surface area contributed by atoms with Gasteiger partial charge in [0.15, 0.2) is 0 Å². The molecular formula is C14H18N4O. The highest BCUT2D eigenvalue weighted by molar-refractivity contribution is 5.95. The molecule has 0 aliphatic heterocycles. The predicted octanol–water partition coefficient (Wildman–Crippen LogP) is 1.59. The topological polar surface area (TPSA) is 72.9 Å². The number of benzene rings is 1. The van der Waals surface area contributed by atoms with Crippen molar-refractivity contribution in [1.29, 1.82) is 0 Å². The summed E-state index contributed by atoms with van der Waals surface area (Å²) in [6, 6.07) is 7.18. The molecule has 0 aliphatic rings. The summed E-state index contributed by atoms with van der Waals surface area (Å²) in [5.41, 5.74) is 7.99. The number of nitrogen functional groups attached to an aromatic ring is 1. The Labute approximate surface area is 112 Å². The summed E-state index contributed by atoms with van der Waals surface area (Å²) in [4.78, 5) is 12.1. The van der Waals surface area contributed by atoms with Crippen LogP contribution in [-0.2, 0) is 6.54 Å². The van der Waals surface area contributed by atoms with Gasteiger partial charge in [0.2, 0.25) is 0 Å². The lowest BCUT2D eigenvalue weighted by molar-refractivity contribution is 0.0936. The molecular weight excluding hydrogens is 240 g/mol. The zero-order valence-corrected chi connectivity index (χ0v) is 11.1. The molecule has 100 valence electrons. The molecule has 1 atom stereocenters. The second-order valence-electron chi connectivity index (χ2n) is 4.67. The van der Waals surface area contributed by atoms with Gasteiger partial charge in [0.25, 0.3) is 5.91 Å². The number of rotatable bonds is 4. The summed E-state index contributed by atoms with van der Waals surface area (Å²) in [6.07, 6.45) is 3.59. The molecule has 0 bridgehead atoms. The molecule has 1 heterocycles. The van der Waals surface area contributed by atoms with Gasteiger partial charge in [-0.25, -0.2) is 0 Å². The van der Waals surface area contributed by atoms with Crippen LogP contribution in [0.25, 0.3) is 0 Å². The zero-order chi connectivity index (χ0) is 13.8. The summed E-state index contributed by atoms with van der Waals surface area (Å²) in [5, 5.41) is 7.03. The van der Waals surface area contributed by atoms with Crippen molar-refractivity contribution in [2.45, 2.75) is 26.4 Å². The maximum atomic E-state index is 12.1. The van der Waals surface area contributed by atoms with Crippen molar-refractivity contribution in [3.8, 4) is 0 Å². The quantitative estimate of drug-likeness (QED) is 0.818. The van der Waals surface area contributed by atoms with Crippen LogP contribution in [0.15, 0.2) is 36.7 Å². The van der Waals surface area contributed by atoms with E-state index in [0.29, 0.717) is 17.8 Å². The van der Waals surface area contributed by atoms with E-state index in [9.17, 15) is 4.79 Å². The van der Waals surface area contributed by atoms with Gasteiger partial charge >= 0.3 is 0 Å². The number of nitrogens with one attached hydrogen (secondary N) is 1. The van der Waals surface area contributed by atoms with Crippen molar-refractivity contribution in [2.24, 2.45) is 0 Å². The van der Waals surface area contributed by atoms with E-state index < -0.39 is 0 Å². The van der Waals surface area contributed by atoms with E-state index in [1.54, 1.807) is 23.0 Å². The largest absolute Gasteiger partial charge is 0.398 e. The molecule has 1 aromatic heterocycles. The minimum Gasteiger partial charge on any atom is -0.398 e. The van der Waals surface area contributed by atoms with Crippen LogP contribution in [0, 0.1) is 6.92 Å². The molecule has 0 fully saturated rings. The van der Waals surface area contributed by atoms with Gasteiger partial charge in [-0.2, -0.15) is 5.10 Å². The highest BCUT2D eigenvalue weighted by atomic mass is 16.1. The van der Waals surface area contributed by atoms with E-state index in [4.69, 9.17) is 5.73 Å². The number of nitrogens with two attached hydrogens (primary N) is 1. The Hall–Kier alpha value is -2.30. The monoisotopic (exact) mass is 258 g/mol. The van der Waals surface area contributed by atoms with Crippen LogP contribution < -0.4 is 11.1 Å². The van der Waals surface area contributed by atoms with Crippen molar-refractivity contribution < 1.29 is 4.79 Å². The van der Waals surface area contributed by atoms with Crippen molar-refractivity contribution in [3.05, 3.63) is 47.8 Å². The normalized spacial score (nSPS) is 12.1. The van der Waals surface area contributed by atoms with Crippen LogP contribution in [0.1, 0.15) is 22.8 Å². The Balaban J connectivity index is 1.98. The van der Waals surface area contributed by atoms with Crippen molar-refractivity contribution in [1.82, 2.24) is 15.1 Å². The van der Waals surface area contributed by atoms with Crippen molar-refractivity contribution >= 4 is 11.6 Å². The molecule has 0 saturated carbocycles. The van der Waals surface area contributed by atoms with Crippen LogP contribution in [0.4, 0.5) is 5.69 Å². The molecule has 3 N–H and O–H groups in total. The lowest BCUT2D eigenvalue weighted by Crippen LogP contribution is -2.35. The number of carbonyl (C=O) groups excluding carboxylic acids is 1. The molecule has 0 aliphatic carbocycles. The van der Waals surface area contributed by atoms with Crippen LogP contribution >= 0.6 is 0 Å². The zero-order valence-electron chi connectivity index (χ0n) is 11.1. The number of hydrogen-bond acceptors (Lipinski definition) is 3. The standard InChI is InChI=1S/C14H18N4O/c1-10-4-5-12(8-13(10)15)14(19)17-11(2)9-18-7-3-6-16-18/h3-8,11H,9,15H2,1-2H3,(H,17,19). The molecule has 2 rings (SSSR count). The van der Waals surface area contributed by atoms with Gasteiger partial charge in [0, 0.05) is 29.7 Å². The third kappa shape index (κ3) is 3.34. The van der Waals surface area contributed by atoms with E-state index in [1.807, 2.05) is 32.2 Å². The van der Waals surface area contributed by atoms with E-state index in [-0.39, 0.29) is 11.9 Å². The second-order valence-corrected chi connectivity index (χ2v) is 4.67. The first kappa shape index (κ1) is 13.1. The highest BCUT2D eigenvalue weighted by Gasteiger charge is 2.11. The molecule has 1 amide bonds. The molecule has 1 unspecified atom stereocenters. The van der Waals surface area contributed by atoms with E-state index in [2.05, 4.69) is 10.4 Å². The maximum Gasteiger partial charge on any atom is 0.251 e. The molecule has 0 spiro atoms. The van der Waals surface area contributed by atoms with Crippen LogP contribution in [0.2, 0.25) is 0 Å². The van der Waals surface area contributed by atoms with Gasteiger partial charge in [-0.15, -0.1) is 0 Å². The molecule has 0 radical (unpaired) electrons. The molecule has 5 nitrogen and oxygen atoms in total. The van der Waals surface area contributed by atoms with Crippen LogP contribution in [-0.4, -0.2) is 21.7 Å². The van der Waals surface area contributed by atoms with Gasteiger partial charge in [-0.1, -0.05) is 6.07 Å². The summed E-state index contributed by atoms with van der Waals surface area (Å²) < 4.78 is 1.79. The average molecular weight is 258 g/mol. The maximum absolute atomic E-state index is 12.1. The van der Waals surface area contributed by atoms with Gasteiger partial charge in [-0.3, -0.25) is 9.48 Å². The summed E-state index contributed by atoms with van der Waals surface area (Å²) >= 11 is 0. The third-order valence-corrected chi connectivity index (χ3v) is 2.94. The Kier molecular flexibility index (Phi) is 3.85. The number of aromatic nitrogens is 2. The molecule has 0 saturated heterocycles. The van der Waals surface area contributed by atoms with E-state index >= 15 is 0 Å². The van der Waals surface area contributed by atoms with Crippen molar-refractivity contribution in [3.63, 3.8) is 0 Å². The summed E-state index contributed by atoms with van der Waals surface area (Å²) in [5.74, 6) is -0.119. The fourth-order valence-corrected chi connectivity index (χ4v) is 1.82. The van der Waals surface area contributed by atoms with Gasteiger partial charge < -0.3 is 11.1 Å². The summed E-state index contributed by atoms with van der Waals surface area (Å²) in [7, 11) is 0. The smallest absolute Gasteiger partial charge is 0.251 e. The second kappa shape index (κ2) is 5.56. The van der Waals surface area contributed by atoms with Crippen LogP contribution in [0.3, 0.4) is 0 Å². The Morgan fingerprint density at radius 3 is 2.95 bits per heavy atom. The lowest BCUT2D eigenvalue weighted by Gasteiger charge is -2.14. The molecule has 5 heteroatoms. The number of aryl methyl sites for hydroxylation is 1. The van der Waals surface area contributed by atoms with Crippen LogP contribution in [0.5, 0.6) is 0 Å². The molecule has 19 heavy (non-hydrogen) atoms.